The van der Waals surface area contributed by atoms with E-state index in [-0.39, 0.29) is 17.9 Å². The van der Waals surface area contributed by atoms with Gasteiger partial charge in [-0.3, -0.25) is 4.79 Å². The number of aromatic nitrogens is 1. The lowest BCUT2D eigenvalue weighted by Gasteiger charge is -2.25. The van der Waals surface area contributed by atoms with E-state index in [1.165, 1.54) is 0 Å². The zero-order valence-electron chi connectivity index (χ0n) is 10.3. The number of fused-ring (bicyclic) bond motifs is 3. The van der Waals surface area contributed by atoms with Gasteiger partial charge in [0.15, 0.2) is 0 Å². The number of amides is 1. The number of carbonyl (C=O) groups is 1. The van der Waals surface area contributed by atoms with Gasteiger partial charge in [0.25, 0.3) is 5.91 Å². The van der Waals surface area contributed by atoms with Crippen LogP contribution in [0.1, 0.15) is 28.9 Å². The standard InChI is InChI=1S/C14H13N3O/c1-8-10(7-15)12-9-5-3-4-6-11(9)17(2)13(12)14(18)16-8/h3-6,8,10H,1-2H3,(H,16,18). The Labute approximate surface area is 105 Å². The maximum absolute atomic E-state index is 12.1. The van der Waals surface area contributed by atoms with Crippen LogP contribution in [-0.4, -0.2) is 16.5 Å². The normalized spacial score (nSPS) is 22.4. The minimum atomic E-state index is -0.288. The molecule has 1 amide bonds. The average molecular weight is 239 g/mol. The van der Waals surface area contributed by atoms with Gasteiger partial charge in [0.2, 0.25) is 0 Å². The molecule has 1 aliphatic rings. The van der Waals surface area contributed by atoms with E-state index in [0.29, 0.717) is 5.69 Å². The van der Waals surface area contributed by atoms with Gasteiger partial charge < -0.3 is 9.88 Å². The van der Waals surface area contributed by atoms with Crippen molar-refractivity contribution in [3.05, 3.63) is 35.5 Å². The lowest BCUT2D eigenvalue weighted by atomic mass is 9.88. The van der Waals surface area contributed by atoms with E-state index < -0.39 is 0 Å². The zero-order chi connectivity index (χ0) is 12.9. The van der Waals surface area contributed by atoms with Gasteiger partial charge in [-0.25, -0.2) is 0 Å². The molecule has 2 unspecified atom stereocenters. The van der Waals surface area contributed by atoms with Gasteiger partial charge in [-0.2, -0.15) is 5.26 Å². The predicted molar refractivity (Wildman–Crippen MR) is 68.2 cm³/mol. The molecule has 1 aliphatic heterocycles. The van der Waals surface area contributed by atoms with Crippen molar-refractivity contribution in [2.24, 2.45) is 7.05 Å². The summed E-state index contributed by atoms with van der Waals surface area (Å²) in [5, 5.41) is 13.2. The first-order chi connectivity index (χ1) is 8.65. The highest BCUT2D eigenvalue weighted by Crippen LogP contribution is 2.35. The summed E-state index contributed by atoms with van der Waals surface area (Å²) >= 11 is 0. The molecule has 0 spiro atoms. The second kappa shape index (κ2) is 3.61. The molecule has 90 valence electrons. The van der Waals surface area contributed by atoms with Gasteiger partial charge in [0, 0.05) is 29.6 Å². The largest absolute Gasteiger partial charge is 0.347 e. The number of benzene rings is 1. The third-order valence-electron chi connectivity index (χ3n) is 3.67. The van der Waals surface area contributed by atoms with Crippen LogP contribution in [0.15, 0.2) is 24.3 Å². The van der Waals surface area contributed by atoms with E-state index in [2.05, 4.69) is 11.4 Å². The molecule has 0 bridgehead atoms. The Kier molecular flexibility index (Phi) is 2.17. The first kappa shape index (κ1) is 10.8. The second-order valence-electron chi connectivity index (χ2n) is 4.71. The number of rotatable bonds is 0. The number of para-hydroxylation sites is 1. The number of hydrogen-bond donors (Lipinski definition) is 1. The number of nitrogens with one attached hydrogen (secondary N) is 1. The summed E-state index contributed by atoms with van der Waals surface area (Å²) < 4.78 is 1.87. The molecule has 3 rings (SSSR count). The molecule has 4 heteroatoms. The second-order valence-corrected chi connectivity index (χ2v) is 4.71. The van der Waals surface area contributed by atoms with Crippen LogP contribution < -0.4 is 5.32 Å². The SMILES string of the molecule is CC1NC(=O)c2c(c3ccccc3n2C)C1C#N. The van der Waals surface area contributed by atoms with Crippen molar-refractivity contribution in [3.63, 3.8) is 0 Å². The molecule has 0 fully saturated rings. The molecule has 1 N–H and O–H groups in total. The molecule has 0 aliphatic carbocycles. The van der Waals surface area contributed by atoms with Crippen molar-refractivity contribution in [1.82, 2.24) is 9.88 Å². The number of nitriles is 1. The van der Waals surface area contributed by atoms with Gasteiger partial charge in [-0.15, -0.1) is 0 Å². The molecule has 4 nitrogen and oxygen atoms in total. The van der Waals surface area contributed by atoms with Crippen LogP contribution in [0.5, 0.6) is 0 Å². The Balaban J connectivity index is 2.44. The molecule has 2 heterocycles. The molecule has 2 atom stereocenters. The molecule has 1 aromatic carbocycles. The Morgan fingerprint density at radius 1 is 1.39 bits per heavy atom. The average Bonchev–Trinajstić information content (AvgIpc) is 2.65. The molecule has 0 saturated heterocycles. The molecular formula is C14H13N3O. The molecule has 0 saturated carbocycles. The van der Waals surface area contributed by atoms with Crippen molar-refractivity contribution in [2.45, 2.75) is 18.9 Å². The van der Waals surface area contributed by atoms with Gasteiger partial charge >= 0.3 is 0 Å². The van der Waals surface area contributed by atoms with E-state index in [1.54, 1.807) is 0 Å². The first-order valence-corrected chi connectivity index (χ1v) is 5.93. The van der Waals surface area contributed by atoms with Crippen LogP contribution in [-0.2, 0) is 7.05 Å². The number of hydrogen-bond acceptors (Lipinski definition) is 2. The topological polar surface area (TPSA) is 57.8 Å². The molecule has 2 aromatic rings. The highest BCUT2D eigenvalue weighted by molar-refractivity contribution is 6.03. The van der Waals surface area contributed by atoms with E-state index >= 15 is 0 Å². The van der Waals surface area contributed by atoms with Crippen molar-refractivity contribution in [1.29, 1.82) is 5.26 Å². The summed E-state index contributed by atoms with van der Waals surface area (Å²) in [6.07, 6.45) is 0. The van der Waals surface area contributed by atoms with E-state index in [9.17, 15) is 10.1 Å². The number of aryl methyl sites for hydroxylation is 1. The summed E-state index contributed by atoms with van der Waals surface area (Å²) in [5.41, 5.74) is 2.47. The van der Waals surface area contributed by atoms with Crippen LogP contribution >= 0.6 is 0 Å². The predicted octanol–water partition coefficient (Wildman–Crippen LogP) is 1.92. The Hall–Kier alpha value is -2.28. The van der Waals surface area contributed by atoms with E-state index in [4.69, 9.17) is 0 Å². The fourth-order valence-electron chi connectivity index (χ4n) is 2.80. The molecule has 1 aromatic heterocycles. The Bertz CT molecular complexity index is 693. The molecule has 0 radical (unpaired) electrons. The molecule has 18 heavy (non-hydrogen) atoms. The third kappa shape index (κ3) is 1.22. The number of nitrogens with zero attached hydrogens (tertiary/aromatic N) is 2. The van der Waals surface area contributed by atoms with Crippen LogP contribution in [0.2, 0.25) is 0 Å². The van der Waals surface area contributed by atoms with Crippen molar-refractivity contribution in [2.75, 3.05) is 0 Å². The third-order valence-corrected chi connectivity index (χ3v) is 3.67. The Morgan fingerprint density at radius 2 is 2.11 bits per heavy atom. The minimum absolute atomic E-state index is 0.0947. The zero-order valence-corrected chi connectivity index (χ0v) is 10.3. The maximum Gasteiger partial charge on any atom is 0.268 e. The van der Waals surface area contributed by atoms with Crippen molar-refractivity contribution in [3.8, 4) is 6.07 Å². The van der Waals surface area contributed by atoms with Crippen molar-refractivity contribution < 1.29 is 4.79 Å². The summed E-state index contributed by atoms with van der Waals surface area (Å²) in [4.78, 5) is 12.1. The highest BCUT2D eigenvalue weighted by atomic mass is 16.2. The molecular weight excluding hydrogens is 226 g/mol. The van der Waals surface area contributed by atoms with Gasteiger partial charge in [-0.05, 0) is 13.0 Å². The lowest BCUT2D eigenvalue weighted by Crippen LogP contribution is -2.42. The fourth-order valence-corrected chi connectivity index (χ4v) is 2.80. The van der Waals surface area contributed by atoms with Crippen LogP contribution in [0.25, 0.3) is 10.9 Å². The fraction of sp³-hybridized carbons (Fsp3) is 0.286. The summed E-state index contributed by atoms with van der Waals surface area (Å²) in [7, 11) is 1.87. The van der Waals surface area contributed by atoms with Crippen LogP contribution in [0, 0.1) is 11.3 Å². The minimum Gasteiger partial charge on any atom is -0.347 e. The van der Waals surface area contributed by atoms with Crippen LogP contribution in [0.4, 0.5) is 0 Å². The monoisotopic (exact) mass is 239 g/mol. The smallest absolute Gasteiger partial charge is 0.268 e. The number of carbonyl (C=O) groups excluding carboxylic acids is 1. The lowest BCUT2D eigenvalue weighted by molar-refractivity contribution is 0.0917. The highest BCUT2D eigenvalue weighted by Gasteiger charge is 2.35. The van der Waals surface area contributed by atoms with E-state index in [1.807, 2.05) is 42.8 Å². The van der Waals surface area contributed by atoms with Gasteiger partial charge in [-0.1, -0.05) is 18.2 Å². The van der Waals surface area contributed by atoms with E-state index in [0.717, 1.165) is 16.5 Å². The summed E-state index contributed by atoms with van der Waals surface area (Å²) in [6, 6.07) is 9.98. The van der Waals surface area contributed by atoms with Gasteiger partial charge in [0.05, 0.1) is 12.0 Å². The Morgan fingerprint density at radius 3 is 2.83 bits per heavy atom. The summed E-state index contributed by atoms with van der Waals surface area (Å²) in [5.74, 6) is -0.383. The quantitative estimate of drug-likeness (QED) is 0.763. The first-order valence-electron chi connectivity index (χ1n) is 5.93. The van der Waals surface area contributed by atoms with Crippen LogP contribution in [0.3, 0.4) is 0 Å². The van der Waals surface area contributed by atoms with Crippen molar-refractivity contribution >= 4 is 16.8 Å². The summed E-state index contributed by atoms with van der Waals surface area (Å²) in [6.45, 7) is 1.87. The van der Waals surface area contributed by atoms with Gasteiger partial charge in [0.1, 0.15) is 5.69 Å². The maximum atomic E-state index is 12.1.